The maximum absolute atomic E-state index is 12.1. The van der Waals surface area contributed by atoms with E-state index >= 15 is 0 Å². The van der Waals surface area contributed by atoms with E-state index in [9.17, 15) is 5.53 Å². The molecule has 0 fully saturated rings. The molecule has 2 aromatic rings. The van der Waals surface area contributed by atoms with Crippen LogP contribution in [0.15, 0.2) is 59.7 Å². The predicted molar refractivity (Wildman–Crippen MR) is 244 cm³/mol. The summed E-state index contributed by atoms with van der Waals surface area (Å²) in [7, 11) is 0. The standard InChI is InChI=1S/C44H60N2.2C5H7.Ni/c1-5-9-12-14-16-18-20-22-24-30-37-32-26-28-35-40(37)43-39(8-4)42(34-11-7-3)44(46(43)45)41-36-29-27-33-38(41)31-25-23-21-19-17-15-13-10-6-2;2*1-3-5-4-2;/h26-29,32-33,35-36H,5-19,24-25,30-31,34H2,1-4H3;2*3,5H2,1H3;. The quantitative estimate of drug-likeness (QED) is 0.0490. The van der Waals surface area contributed by atoms with Crippen LogP contribution < -0.4 is 0 Å². The Hall–Kier alpha value is -3.75. The second-order valence-corrected chi connectivity index (χ2v) is 15.6. The number of nitrogens with zero attached hydrogens (tertiary/aromatic N) is 2. The molecule has 0 radical (unpaired) electrons. The molecule has 0 aliphatic carbocycles. The Morgan fingerprint density at radius 1 is 0.439 bits per heavy atom. The van der Waals surface area contributed by atoms with E-state index in [4.69, 9.17) is 0 Å². The SMILES string of the molecule is CCCC#[C][Ni][C]#CCCC.CCCCCCCC#CCCc1ccccc1C1=C(CC)C(CCCC)=C(c2ccccc2CCC#CCCCCCCC)[N+]1=[N-]. The van der Waals surface area contributed by atoms with Crippen molar-refractivity contribution in [3.8, 4) is 45.3 Å². The van der Waals surface area contributed by atoms with Crippen LogP contribution in [0.2, 0.25) is 0 Å². The van der Waals surface area contributed by atoms with Crippen LogP contribution in [0, 0.1) is 45.3 Å². The maximum Gasteiger partial charge on any atom is 0.211 e. The maximum atomic E-state index is 12.1. The molecule has 2 nitrogen and oxygen atoms in total. The molecule has 3 heteroatoms. The van der Waals surface area contributed by atoms with E-state index in [0.717, 1.165) is 112 Å². The van der Waals surface area contributed by atoms with E-state index in [2.05, 4.69) is 135 Å². The zero-order chi connectivity index (χ0) is 41.2. The van der Waals surface area contributed by atoms with Crippen molar-refractivity contribution in [1.29, 1.82) is 0 Å². The molecular weight excluding hydrogens is 735 g/mol. The minimum Gasteiger partial charge on any atom is -0.493 e. The van der Waals surface area contributed by atoms with Crippen LogP contribution in [-0.4, -0.2) is 4.70 Å². The molecule has 0 N–H and O–H groups in total. The van der Waals surface area contributed by atoms with Crippen LogP contribution in [0.3, 0.4) is 0 Å². The Bertz CT molecular complexity index is 1760. The minimum atomic E-state index is 0.845. The summed E-state index contributed by atoms with van der Waals surface area (Å²) in [5.74, 6) is 19.8. The number of allylic oxidation sites excluding steroid dienone is 2. The number of unbranched alkanes of at least 4 members (excludes halogenated alkanes) is 13. The van der Waals surface area contributed by atoms with E-state index in [1.54, 1.807) is 0 Å². The van der Waals surface area contributed by atoms with Gasteiger partial charge in [-0.15, -0.1) is 23.7 Å². The minimum absolute atomic E-state index is 0.845. The molecule has 3 rings (SSSR count). The van der Waals surface area contributed by atoms with Crippen molar-refractivity contribution in [2.24, 2.45) is 0 Å². The number of hydrogen-bond donors (Lipinski definition) is 0. The molecule has 0 bridgehead atoms. The third kappa shape index (κ3) is 19.5. The van der Waals surface area contributed by atoms with Crippen molar-refractivity contribution >= 4 is 11.4 Å². The number of rotatable bonds is 22. The van der Waals surface area contributed by atoms with Crippen LogP contribution >= 0.6 is 0 Å². The smallest absolute Gasteiger partial charge is 0.211 e. The molecule has 0 atom stereocenters. The first-order valence-electron chi connectivity index (χ1n) is 22.6. The molecule has 0 spiro atoms. The van der Waals surface area contributed by atoms with Crippen molar-refractivity contribution < 1.29 is 19.1 Å². The van der Waals surface area contributed by atoms with Gasteiger partial charge in [-0.2, -0.15) is 0 Å². The van der Waals surface area contributed by atoms with Crippen LogP contribution in [0.5, 0.6) is 0 Å². The van der Waals surface area contributed by atoms with Crippen LogP contribution in [0.4, 0.5) is 0 Å². The second-order valence-electron chi connectivity index (χ2n) is 14.9. The Morgan fingerprint density at radius 3 is 1.33 bits per heavy atom. The van der Waals surface area contributed by atoms with E-state index in [1.165, 1.54) is 106 Å². The summed E-state index contributed by atoms with van der Waals surface area (Å²) in [6.45, 7) is 13.3. The summed E-state index contributed by atoms with van der Waals surface area (Å²) < 4.78 is 1.53. The average molecular weight is 810 g/mol. The zero-order valence-corrected chi connectivity index (χ0v) is 37.8. The van der Waals surface area contributed by atoms with Gasteiger partial charge in [-0.25, -0.2) is 4.70 Å². The summed E-state index contributed by atoms with van der Waals surface area (Å²) in [6.07, 6.45) is 26.7. The van der Waals surface area contributed by atoms with Crippen molar-refractivity contribution in [3.05, 3.63) is 87.5 Å². The Labute approximate surface area is 357 Å². The zero-order valence-electron chi connectivity index (χ0n) is 36.8. The van der Waals surface area contributed by atoms with Gasteiger partial charge in [-0.05, 0) is 68.2 Å². The largest absolute Gasteiger partial charge is 0.493 e. The first-order chi connectivity index (χ1) is 28.1. The Balaban J connectivity index is 0.000000886. The molecule has 2 aromatic carbocycles. The van der Waals surface area contributed by atoms with Crippen molar-refractivity contribution in [2.75, 3.05) is 0 Å². The predicted octanol–water partition coefficient (Wildman–Crippen LogP) is 15.6. The van der Waals surface area contributed by atoms with E-state index in [-0.39, 0.29) is 0 Å². The average Bonchev–Trinajstić information content (AvgIpc) is 3.51. The number of aryl methyl sites for hydroxylation is 2. The fraction of sp³-hybridized carbons (Fsp3) is 0.556. The molecule has 0 amide bonds. The summed E-state index contributed by atoms with van der Waals surface area (Å²) >= 11 is 1.25. The van der Waals surface area contributed by atoms with Gasteiger partial charge >= 0.3 is 75.6 Å². The van der Waals surface area contributed by atoms with E-state index < -0.39 is 0 Å². The molecular formula is C54H74N2Ni. The normalized spacial score (nSPS) is 11.8. The fourth-order valence-electron chi connectivity index (χ4n) is 6.94. The van der Waals surface area contributed by atoms with Gasteiger partial charge < -0.3 is 5.53 Å². The van der Waals surface area contributed by atoms with Gasteiger partial charge in [0.05, 0.1) is 0 Å². The number of benzene rings is 2. The van der Waals surface area contributed by atoms with Gasteiger partial charge in [0.1, 0.15) is 0 Å². The molecule has 0 saturated heterocycles. The molecule has 0 unspecified atom stereocenters. The summed E-state index contributed by atoms with van der Waals surface area (Å²) in [4.78, 5) is 5.92. The molecule has 310 valence electrons. The molecule has 1 aliphatic rings. The molecule has 0 aromatic heterocycles. The van der Waals surface area contributed by atoms with Gasteiger partial charge in [0.2, 0.25) is 11.4 Å². The Morgan fingerprint density at radius 2 is 0.877 bits per heavy atom. The summed E-state index contributed by atoms with van der Waals surface area (Å²) in [5, 5.41) is 0. The third-order valence-electron chi connectivity index (χ3n) is 10.1. The number of hydrogen-bond acceptors (Lipinski definition) is 0. The van der Waals surface area contributed by atoms with E-state index in [1.807, 2.05) is 0 Å². The van der Waals surface area contributed by atoms with Gasteiger partial charge in [-0.3, -0.25) is 0 Å². The molecule has 0 saturated carbocycles. The summed E-state index contributed by atoms with van der Waals surface area (Å²) in [5.41, 5.74) is 21.4. The second kappa shape index (κ2) is 33.2. The molecule has 57 heavy (non-hydrogen) atoms. The Kier molecular flexibility index (Phi) is 28.8. The van der Waals surface area contributed by atoms with Crippen molar-refractivity contribution in [1.82, 2.24) is 0 Å². The van der Waals surface area contributed by atoms with Crippen molar-refractivity contribution in [2.45, 2.75) is 196 Å². The third-order valence-corrected chi connectivity index (χ3v) is 10.7. The van der Waals surface area contributed by atoms with Gasteiger partial charge in [0.25, 0.3) is 0 Å². The molecule has 1 aliphatic heterocycles. The van der Waals surface area contributed by atoms with Gasteiger partial charge in [0, 0.05) is 48.0 Å². The fourth-order valence-corrected chi connectivity index (χ4v) is 7.42. The molecule has 1 heterocycles. The van der Waals surface area contributed by atoms with Crippen molar-refractivity contribution in [3.63, 3.8) is 0 Å². The van der Waals surface area contributed by atoms with E-state index in [0.29, 0.717) is 0 Å². The van der Waals surface area contributed by atoms with Crippen LogP contribution in [-0.2, 0) is 27.3 Å². The topological polar surface area (TPSA) is 25.3 Å². The van der Waals surface area contributed by atoms with Gasteiger partial charge in [0.15, 0.2) is 0 Å². The monoisotopic (exact) mass is 809 g/mol. The van der Waals surface area contributed by atoms with Crippen LogP contribution in [0.1, 0.15) is 205 Å². The summed E-state index contributed by atoms with van der Waals surface area (Å²) in [6, 6.07) is 17.3. The first-order valence-corrected chi connectivity index (χ1v) is 23.6. The first kappa shape index (κ1) is 49.4. The van der Waals surface area contributed by atoms with Gasteiger partial charge in [-0.1, -0.05) is 122 Å². The van der Waals surface area contributed by atoms with Crippen LogP contribution in [0.25, 0.3) is 16.9 Å².